The minimum absolute atomic E-state index is 0.0362. The van der Waals surface area contributed by atoms with Crippen molar-refractivity contribution in [2.24, 2.45) is 13.0 Å². The maximum absolute atomic E-state index is 12.2. The van der Waals surface area contributed by atoms with Gasteiger partial charge in [0.1, 0.15) is 6.04 Å². The van der Waals surface area contributed by atoms with Crippen molar-refractivity contribution in [3.63, 3.8) is 0 Å². The van der Waals surface area contributed by atoms with E-state index in [1.165, 1.54) is 11.1 Å². The summed E-state index contributed by atoms with van der Waals surface area (Å²) in [6.45, 7) is 2.33. The highest BCUT2D eigenvalue weighted by molar-refractivity contribution is 5.92. The number of hydrogen-bond donors (Lipinski definition) is 2. The number of carbonyl (C=O) groups is 2. The van der Waals surface area contributed by atoms with E-state index in [-0.39, 0.29) is 11.9 Å². The Balaban J connectivity index is 2.09. The lowest BCUT2D eigenvalue weighted by Gasteiger charge is -2.37. The van der Waals surface area contributed by atoms with Crippen molar-refractivity contribution in [1.29, 1.82) is 0 Å². The molecule has 0 bridgehead atoms. The van der Waals surface area contributed by atoms with Crippen LogP contribution in [0.15, 0.2) is 12.4 Å². The first kappa shape index (κ1) is 13.4. The Morgan fingerprint density at radius 2 is 2.26 bits per heavy atom. The number of piperidine rings is 1. The Morgan fingerprint density at radius 1 is 1.53 bits per heavy atom. The van der Waals surface area contributed by atoms with Crippen molar-refractivity contribution in [2.75, 3.05) is 11.9 Å². The third-order valence-electron chi connectivity index (χ3n) is 3.40. The first-order valence-electron chi connectivity index (χ1n) is 6.28. The molecule has 2 amide bonds. The molecule has 2 N–H and O–H groups in total. The third-order valence-corrected chi connectivity index (χ3v) is 3.40. The van der Waals surface area contributed by atoms with Crippen LogP contribution >= 0.6 is 0 Å². The van der Waals surface area contributed by atoms with Gasteiger partial charge in [0.2, 0.25) is 0 Å². The molecule has 2 atom stereocenters. The van der Waals surface area contributed by atoms with Crippen molar-refractivity contribution in [1.82, 2.24) is 14.7 Å². The van der Waals surface area contributed by atoms with E-state index in [9.17, 15) is 14.7 Å². The predicted molar refractivity (Wildman–Crippen MR) is 68.8 cm³/mol. The van der Waals surface area contributed by atoms with Crippen molar-refractivity contribution in [2.45, 2.75) is 25.8 Å². The van der Waals surface area contributed by atoms with Gasteiger partial charge in [0.25, 0.3) is 0 Å². The van der Waals surface area contributed by atoms with Gasteiger partial charge < -0.3 is 15.3 Å². The van der Waals surface area contributed by atoms with E-state index in [0.29, 0.717) is 12.2 Å². The van der Waals surface area contributed by atoms with E-state index in [1.54, 1.807) is 17.9 Å². The largest absolute Gasteiger partial charge is 0.480 e. The molecule has 2 heterocycles. The molecule has 1 aliphatic heterocycles. The highest BCUT2D eigenvalue weighted by atomic mass is 16.4. The fraction of sp³-hybridized carbons (Fsp3) is 0.583. The van der Waals surface area contributed by atoms with Crippen molar-refractivity contribution in [3.8, 4) is 0 Å². The lowest BCUT2D eigenvalue weighted by Crippen LogP contribution is -2.53. The second-order valence-corrected chi connectivity index (χ2v) is 4.93. The summed E-state index contributed by atoms with van der Waals surface area (Å²) < 4.78 is 1.57. The SMILES string of the molecule is CC1CCCN(C(=O)Nc2cnn(C)c2)C1C(=O)O. The summed E-state index contributed by atoms with van der Waals surface area (Å²) in [5, 5.41) is 15.9. The summed E-state index contributed by atoms with van der Waals surface area (Å²) in [4.78, 5) is 24.8. The van der Waals surface area contributed by atoms with Crippen LogP contribution in [-0.2, 0) is 11.8 Å². The number of aromatic nitrogens is 2. The third kappa shape index (κ3) is 2.86. The van der Waals surface area contributed by atoms with Gasteiger partial charge in [-0.05, 0) is 18.8 Å². The Morgan fingerprint density at radius 3 is 2.84 bits per heavy atom. The van der Waals surface area contributed by atoms with E-state index in [2.05, 4.69) is 10.4 Å². The Labute approximate surface area is 111 Å². The number of aryl methyl sites for hydroxylation is 1. The number of nitrogens with zero attached hydrogens (tertiary/aromatic N) is 3. The monoisotopic (exact) mass is 266 g/mol. The highest BCUT2D eigenvalue weighted by Crippen LogP contribution is 2.24. The van der Waals surface area contributed by atoms with E-state index >= 15 is 0 Å². The summed E-state index contributed by atoms with van der Waals surface area (Å²) in [5.74, 6) is -0.987. The van der Waals surface area contributed by atoms with Gasteiger partial charge >= 0.3 is 12.0 Å². The van der Waals surface area contributed by atoms with E-state index < -0.39 is 12.0 Å². The summed E-state index contributed by atoms with van der Waals surface area (Å²) >= 11 is 0. The smallest absolute Gasteiger partial charge is 0.326 e. The van der Waals surface area contributed by atoms with Gasteiger partial charge in [-0.15, -0.1) is 0 Å². The molecule has 0 saturated carbocycles. The van der Waals surface area contributed by atoms with Crippen LogP contribution in [0.2, 0.25) is 0 Å². The number of carboxylic acid groups (broad SMARTS) is 1. The molecule has 0 spiro atoms. The highest BCUT2D eigenvalue weighted by Gasteiger charge is 2.37. The first-order chi connectivity index (χ1) is 8.99. The minimum Gasteiger partial charge on any atom is -0.480 e. The average molecular weight is 266 g/mol. The number of rotatable bonds is 2. The fourth-order valence-electron chi connectivity index (χ4n) is 2.47. The van der Waals surface area contributed by atoms with Gasteiger partial charge in [-0.25, -0.2) is 9.59 Å². The number of amides is 2. The second-order valence-electron chi connectivity index (χ2n) is 4.93. The quantitative estimate of drug-likeness (QED) is 0.840. The molecule has 0 aromatic carbocycles. The summed E-state index contributed by atoms with van der Waals surface area (Å²) in [7, 11) is 1.75. The normalized spacial score (nSPS) is 23.2. The average Bonchev–Trinajstić information content (AvgIpc) is 2.73. The zero-order valence-electron chi connectivity index (χ0n) is 11.0. The lowest BCUT2D eigenvalue weighted by molar-refractivity contribution is -0.145. The van der Waals surface area contributed by atoms with Gasteiger partial charge in [-0.2, -0.15) is 5.10 Å². The molecule has 7 nitrogen and oxygen atoms in total. The molecule has 1 fully saturated rings. The maximum Gasteiger partial charge on any atom is 0.326 e. The molecule has 0 aliphatic carbocycles. The number of likely N-dealkylation sites (tertiary alicyclic amines) is 1. The lowest BCUT2D eigenvalue weighted by atomic mass is 9.91. The number of carboxylic acids is 1. The first-order valence-corrected chi connectivity index (χ1v) is 6.28. The number of hydrogen-bond acceptors (Lipinski definition) is 3. The number of nitrogens with one attached hydrogen (secondary N) is 1. The summed E-state index contributed by atoms with van der Waals surface area (Å²) in [6.07, 6.45) is 4.85. The van der Waals surface area contributed by atoms with Gasteiger partial charge in [0.15, 0.2) is 0 Å². The summed E-state index contributed by atoms with van der Waals surface area (Å²) in [6, 6.07) is -1.14. The number of aliphatic carboxylic acids is 1. The second kappa shape index (κ2) is 5.29. The molecule has 7 heteroatoms. The predicted octanol–water partition coefficient (Wildman–Crippen LogP) is 1.14. The number of carbonyl (C=O) groups excluding carboxylic acids is 1. The Kier molecular flexibility index (Phi) is 3.73. The molecule has 1 aromatic heterocycles. The van der Waals surface area contributed by atoms with Crippen LogP contribution in [0.3, 0.4) is 0 Å². The molecular formula is C12H18N4O3. The summed E-state index contributed by atoms with van der Waals surface area (Å²) in [5.41, 5.74) is 0.565. The molecule has 1 aromatic rings. The van der Waals surface area contributed by atoms with Crippen molar-refractivity contribution in [3.05, 3.63) is 12.4 Å². The van der Waals surface area contributed by atoms with Crippen molar-refractivity contribution >= 4 is 17.7 Å². The molecular weight excluding hydrogens is 248 g/mol. The van der Waals surface area contributed by atoms with Crippen LogP contribution in [0.5, 0.6) is 0 Å². The Hall–Kier alpha value is -2.05. The van der Waals surface area contributed by atoms with E-state index in [0.717, 1.165) is 12.8 Å². The van der Waals surface area contributed by atoms with Gasteiger partial charge in [-0.3, -0.25) is 4.68 Å². The number of anilines is 1. The van der Waals surface area contributed by atoms with Gasteiger partial charge in [0, 0.05) is 19.8 Å². The van der Waals surface area contributed by atoms with Crippen LogP contribution in [0.25, 0.3) is 0 Å². The minimum atomic E-state index is -0.950. The molecule has 1 saturated heterocycles. The fourth-order valence-corrected chi connectivity index (χ4v) is 2.47. The van der Waals surface area contributed by atoms with Gasteiger partial charge in [-0.1, -0.05) is 6.92 Å². The van der Waals surface area contributed by atoms with Crippen LogP contribution in [0, 0.1) is 5.92 Å². The van der Waals surface area contributed by atoms with Crippen LogP contribution < -0.4 is 5.32 Å². The molecule has 2 rings (SSSR count). The maximum atomic E-state index is 12.2. The molecule has 0 radical (unpaired) electrons. The van der Waals surface area contributed by atoms with Crippen LogP contribution in [0.4, 0.5) is 10.5 Å². The standard InChI is InChI=1S/C12H18N4O3/c1-8-4-3-5-16(10(8)11(17)18)12(19)14-9-6-13-15(2)7-9/h6-8,10H,3-5H2,1-2H3,(H,14,19)(H,17,18). The molecule has 19 heavy (non-hydrogen) atoms. The van der Waals surface area contributed by atoms with Crippen LogP contribution in [-0.4, -0.2) is 44.4 Å². The zero-order chi connectivity index (χ0) is 14.0. The Bertz CT molecular complexity index is 485. The molecule has 104 valence electrons. The van der Waals surface area contributed by atoms with Crippen molar-refractivity contribution < 1.29 is 14.7 Å². The zero-order valence-corrected chi connectivity index (χ0v) is 11.0. The van der Waals surface area contributed by atoms with E-state index in [1.807, 2.05) is 6.92 Å². The molecule has 1 aliphatic rings. The van der Waals surface area contributed by atoms with Crippen LogP contribution in [0.1, 0.15) is 19.8 Å². The number of urea groups is 1. The van der Waals surface area contributed by atoms with Gasteiger partial charge in [0.05, 0.1) is 11.9 Å². The molecule has 2 unspecified atom stereocenters. The van der Waals surface area contributed by atoms with E-state index in [4.69, 9.17) is 0 Å². The topological polar surface area (TPSA) is 87.5 Å².